The van der Waals surface area contributed by atoms with Gasteiger partial charge in [0.05, 0.1) is 6.26 Å². The van der Waals surface area contributed by atoms with Gasteiger partial charge >= 0.3 is 0 Å². The van der Waals surface area contributed by atoms with Gasteiger partial charge in [0, 0.05) is 24.7 Å². The van der Waals surface area contributed by atoms with E-state index < -0.39 is 10.0 Å². The van der Waals surface area contributed by atoms with Crippen LogP contribution in [-0.4, -0.2) is 38.6 Å². The average Bonchev–Trinajstić information content (AvgIpc) is 2.85. The zero-order valence-electron chi connectivity index (χ0n) is 19.8. The van der Waals surface area contributed by atoms with Crippen molar-refractivity contribution in [1.82, 2.24) is 10.2 Å². The number of carbonyl (C=O) groups excluding carboxylic acids is 1. The fourth-order valence-electron chi connectivity index (χ4n) is 4.14. The lowest BCUT2D eigenvalue weighted by Crippen LogP contribution is -2.40. The summed E-state index contributed by atoms with van der Waals surface area (Å²) in [7, 11) is -3.30. The molecule has 1 amide bonds. The molecule has 2 N–H and O–H groups in total. The zero-order valence-corrected chi connectivity index (χ0v) is 20.6. The van der Waals surface area contributed by atoms with Gasteiger partial charge in [0.25, 0.3) is 0 Å². The zero-order chi connectivity index (χ0) is 24.7. The first kappa shape index (κ1) is 24.8. The largest absolute Gasteiger partial charge is 0.457 e. The Hall–Kier alpha value is -3.36. The van der Waals surface area contributed by atoms with E-state index in [0.717, 1.165) is 44.3 Å². The third kappa shape index (κ3) is 7.83. The molecule has 0 spiro atoms. The molecule has 8 heteroatoms. The van der Waals surface area contributed by atoms with E-state index in [4.69, 9.17) is 4.74 Å². The summed E-state index contributed by atoms with van der Waals surface area (Å²) < 4.78 is 30.9. The van der Waals surface area contributed by atoms with Crippen molar-refractivity contribution < 1.29 is 17.9 Å². The number of benzene rings is 3. The second kappa shape index (κ2) is 11.4. The van der Waals surface area contributed by atoms with Crippen molar-refractivity contribution in [2.24, 2.45) is 5.92 Å². The SMILES string of the molecule is CS(=O)(=O)Nc1ccc(Oc2ccc(CN3CCC(C(=O)NCc4ccccc4)CC3)cc2)cc1. The fourth-order valence-corrected chi connectivity index (χ4v) is 4.71. The molecule has 35 heavy (non-hydrogen) atoms. The van der Waals surface area contributed by atoms with E-state index in [1.807, 2.05) is 54.6 Å². The van der Waals surface area contributed by atoms with Crippen LogP contribution in [0.5, 0.6) is 11.5 Å². The van der Waals surface area contributed by atoms with Crippen LogP contribution in [0.25, 0.3) is 0 Å². The molecule has 3 aromatic rings. The molecular weight excluding hydrogens is 462 g/mol. The molecule has 7 nitrogen and oxygen atoms in total. The van der Waals surface area contributed by atoms with Gasteiger partial charge in [0.1, 0.15) is 11.5 Å². The van der Waals surface area contributed by atoms with Gasteiger partial charge in [-0.05, 0) is 73.5 Å². The van der Waals surface area contributed by atoms with E-state index in [0.29, 0.717) is 23.7 Å². The molecule has 0 unspecified atom stereocenters. The van der Waals surface area contributed by atoms with E-state index in [9.17, 15) is 13.2 Å². The topological polar surface area (TPSA) is 87.7 Å². The minimum atomic E-state index is -3.30. The van der Waals surface area contributed by atoms with Crippen molar-refractivity contribution in [1.29, 1.82) is 0 Å². The van der Waals surface area contributed by atoms with E-state index in [2.05, 4.69) is 14.9 Å². The van der Waals surface area contributed by atoms with Gasteiger partial charge in [-0.25, -0.2) is 8.42 Å². The molecule has 0 aliphatic carbocycles. The second-order valence-corrected chi connectivity index (χ2v) is 10.6. The number of piperidine rings is 1. The number of ether oxygens (including phenoxy) is 1. The Kier molecular flexibility index (Phi) is 8.05. The number of hydrogen-bond acceptors (Lipinski definition) is 5. The summed E-state index contributed by atoms with van der Waals surface area (Å²) in [5, 5.41) is 3.07. The lowest BCUT2D eigenvalue weighted by atomic mass is 9.95. The minimum Gasteiger partial charge on any atom is -0.457 e. The molecular formula is C27H31N3O4S. The Morgan fingerprint density at radius 1 is 0.886 bits per heavy atom. The molecule has 0 atom stereocenters. The predicted octanol–water partition coefficient (Wildman–Crippen LogP) is 4.38. The molecule has 0 bridgehead atoms. The van der Waals surface area contributed by atoms with Crippen molar-refractivity contribution in [3.8, 4) is 11.5 Å². The first-order chi connectivity index (χ1) is 16.8. The van der Waals surface area contributed by atoms with Gasteiger partial charge in [0.15, 0.2) is 0 Å². The van der Waals surface area contributed by atoms with E-state index in [-0.39, 0.29) is 11.8 Å². The number of nitrogens with zero attached hydrogens (tertiary/aromatic N) is 1. The number of amides is 1. The molecule has 0 saturated carbocycles. The summed E-state index contributed by atoms with van der Waals surface area (Å²) in [5.74, 6) is 1.57. The normalized spacial score (nSPS) is 14.9. The maximum absolute atomic E-state index is 12.5. The van der Waals surface area contributed by atoms with Crippen LogP contribution in [0.2, 0.25) is 0 Å². The molecule has 1 aliphatic heterocycles. The monoisotopic (exact) mass is 493 g/mol. The van der Waals surface area contributed by atoms with Crippen LogP contribution >= 0.6 is 0 Å². The summed E-state index contributed by atoms with van der Waals surface area (Å²) in [6.07, 6.45) is 2.85. The number of rotatable bonds is 9. The number of likely N-dealkylation sites (tertiary alicyclic amines) is 1. The third-order valence-corrected chi connectivity index (χ3v) is 6.60. The van der Waals surface area contributed by atoms with Crippen molar-refractivity contribution in [3.05, 3.63) is 90.0 Å². The van der Waals surface area contributed by atoms with Crippen molar-refractivity contribution in [3.63, 3.8) is 0 Å². The van der Waals surface area contributed by atoms with Crippen LogP contribution < -0.4 is 14.8 Å². The van der Waals surface area contributed by atoms with Gasteiger partial charge in [0.2, 0.25) is 15.9 Å². The van der Waals surface area contributed by atoms with Crippen LogP contribution in [0.3, 0.4) is 0 Å². The van der Waals surface area contributed by atoms with Crippen LogP contribution in [0.1, 0.15) is 24.0 Å². The summed E-state index contributed by atoms with van der Waals surface area (Å²) in [5.41, 5.74) is 2.80. The summed E-state index contributed by atoms with van der Waals surface area (Å²) >= 11 is 0. The van der Waals surface area contributed by atoms with Gasteiger partial charge in [-0.3, -0.25) is 14.4 Å². The smallest absolute Gasteiger partial charge is 0.229 e. The summed E-state index contributed by atoms with van der Waals surface area (Å²) in [6, 6.07) is 24.7. The Morgan fingerprint density at radius 3 is 2.09 bits per heavy atom. The Labute approximate surface area is 207 Å². The highest BCUT2D eigenvalue weighted by molar-refractivity contribution is 7.92. The Balaban J connectivity index is 1.21. The highest BCUT2D eigenvalue weighted by Crippen LogP contribution is 2.25. The number of nitrogens with one attached hydrogen (secondary N) is 2. The molecule has 0 radical (unpaired) electrons. The molecule has 4 rings (SSSR count). The molecule has 184 valence electrons. The maximum atomic E-state index is 12.5. The average molecular weight is 494 g/mol. The van der Waals surface area contributed by atoms with Crippen LogP contribution in [0, 0.1) is 5.92 Å². The van der Waals surface area contributed by atoms with E-state index >= 15 is 0 Å². The minimum absolute atomic E-state index is 0.0739. The lowest BCUT2D eigenvalue weighted by Gasteiger charge is -2.31. The first-order valence-corrected chi connectivity index (χ1v) is 13.6. The number of hydrogen-bond donors (Lipinski definition) is 2. The predicted molar refractivity (Wildman–Crippen MR) is 138 cm³/mol. The maximum Gasteiger partial charge on any atom is 0.229 e. The van der Waals surface area contributed by atoms with E-state index in [1.54, 1.807) is 24.3 Å². The second-order valence-electron chi connectivity index (χ2n) is 8.90. The van der Waals surface area contributed by atoms with Gasteiger partial charge < -0.3 is 10.1 Å². The quantitative estimate of drug-likeness (QED) is 0.462. The molecule has 1 aliphatic rings. The highest BCUT2D eigenvalue weighted by Gasteiger charge is 2.24. The van der Waals surface area contributed by atoms with Crippen molar-refractivity contribution in [2.45, 2.75) is 25.9 Å². The molecule has 1 saturated heterocycles. The third-order valence-electron chi connectivity index (χ3n) is 5.99. The van der Waals surface area contributed by atoms with Crippen molar-refractivity contribution >= 4 is 21.6 Å². The van der Waals surface area contributed by atoms with Crippen LogP contribution in [0.15, 0.2) is 78.9 Å². The lowest BCUT2D eigenvalue weighted by molar-refractivity contribution is -0.126. The fraction of sp³-hybridized carbons (Fsp3) is 0.296. The summed E-state index contributed by atoms with van der Waals surface area (Å²) in [6.45, 7) is 3.21. The number of carbonyl (C=O) groups is 1. The number of anilines is 1. The van der Waals surface area contributed by atoms with Gasteiger partial charge in [-0.15, -0.1) is 0 Å². The highest BCUT2D eigenvalue weighted by atomic mass is 32.2. The molecule has 1 fully saturated rings. The number of sulfonamides is 1. The standard InChI is InChI=1S/C27H31N3O4S/c1-35(32,33)29-24-9-13-26(14-10-24)34-25-11-7-22(8-12-25)20-30-17-15-23(16-18-30)27(31)28-19-21-5-3-2-4-6-21/h2-14,23,29H,15-20H2,1H3,(H,28,31). The molecule has 0 aromatic heterocycles. The van der Waals surface area contributed by atoms with Crippen molar-refractivity contribution in [2.75, 3.05) is 24.1 Å². The van der Waals surface area contributed by atoms with E-state index in [1.165, 1.54) is 5.56 Å². The van der Waals surface area contributed by atoms with Crippen LogP contribution in [0.4, 0.5) is 5.69 Å². The Bertz CT molecular complexity index is 1210. The molecule has 3 aromatic carbocycles. The van der Waals surface area contributed by atoms with Gasteiger partial charge in [-0.2, -0.15) is 0 Å². The Morgan fingerprint density at radius 2 is 1.49 bits per heavy atom. The van der Waals surface area contributed by atoms with Crippen LogP contribution in [-0.2, 0) is 27.9 Å². The van der Waals surface area contributed by atoms with Gasteiger partial charge in [-0.1, -0.05) is 42.5 Å². The summed E-state index contributed by atoms with van der Waals surface area (Å²) in [4.78, 5) is 14.9. The first-order valence-electron chi connectivity index (χ1n) is 11.7. The molecule has 1 heterocycles.